The molecule has 2 rings (SSSR count). The topological polar surface area (TPSA) is 33.1 Å². The standard InChI is InChI=1S/C15H25NOS/c1-10-5-6-12(17)11(7-10)8-14-16-13(9-18-14)15(2,3)4/h9-12,17H,5-8H2,1-4H3. The molecule has 0 aromatic carbocycles. The molecule has 1 aliphatic rings. The van der Waals surface area contributed by atoms with E-state index in [4.69, 9.17) is 4.98 Å². The van der Waals surface area contributed by atoms with Gasteiger partial charge in [-0.05, 0) is 31.1 Å². The van der Waals surface area contributed by atoms with Gasteiger partial charge in [-0.25, -0.2) is 4.98 Å². The highest BCUT2D eigenvalue weighted by Gasteiger charge is 2.28. The number of aromatic nitrogens is 1. The number of aliphatic hydroxyl groups is 1. The maximum absolute atomic E-state index is 10.1. The molecule has 0 aliphatic heterocycles. The molecule has 1 N–H and O–H groups in total. The smallest absolute Gasteiger partial charge is 0.0932 e. The van der Waals surface area contributed by atoms with Gasteiger partial charge in [-0.3, -0.25) is 0 Å². The number of aliphatic hydroxyl groups excluding tert-OH is 1. The SMILES string of the molecule is CC1CCC(O)C(Cc2nc(C(C)(C)C)cs2)C1. The Morgan fingerprint density at radius 1 is 1.39 bits per heavy atom. The average molecular weight is 267 g/mol. The number of hydrogen-bond acceptors (Lipinski definition) is 3. The van der Waals surface area contributed by atoms with E-state index in [0.29, 0.717) is 5.92 Å². The van der Waals surface area contributed by atoms with Crippen LogP contribution in [-0.4, -0.2) is 16.2 Å². The third-order valence-corrected chi connectivity index (χ3v) is 4.83. The number of thiazole rings is 1. The number of nitrogens with zero attached hydrogens (tertiary/aromatic N) is 1. The zero-order chi connectivity index (χ0) is 13.3. The Hall–Kier alpha value is -0.410. The summed E-state index contributed by atoms with van der Waals surface area (Å²) in [6, 6.07) is 0. The van der Waals surface area contributed by atoms with Crippen molar-refractivity contribution in [2.45, 2.75) is 64.9 Å². The fourth-order valence-electron chi connectivity index (χ4n) is 2.68. The van der Waals surface area contributed by atoms with Crippen molar-refractivity contribution in [3.8, 4) is 0 Å². The summed E-state index contributed by atoms with van der Waals surface area (Å²) in [5.41, 5.74) is 1.31. The summed E-state index contributed by atoms with van der Waals surface area (Å²) in [5, 5.41) is 13.5. The summed E-state index contributed by atoms with van der Waals surface area (Å²) >= 11 is 1.75. The van der Waals surface area contributed by atoms with Crippen LogP contribution in [0, 0.1) is 11.8 Å². The van der Waals surface area contributed by atoms with Gasteiger partial charge < -0.3 is 5.11 Å². The van der Waals surface area contributed by atoms with Crippen molar-refractivity contribution in [3.63, 3.8) is 0 Å². The lowest BCUT2D eigenvalue weighted by Crippen LogP contribution is -2.29. The van der Waals surface area contributed by atoms with E-state index in [1.165, 1.54) is 17.1 Å². The molecule has 1 aromatic rings. The van der Waals surface area contributed by atoms with E-state index in [0.717, 1.165) is 25.2 Å². The predicted molar refractivity (Wildman–Crippen MR) is 77.0 cm³/mol. The second-order valence-corrected chi connectivity index (χ2v) is 7.77. The van der Waals surface area contributed by atoms with Crippen LogP contribution >= 0.6 is 11.3 Å². The van der Waals surface area contributed by atoms with Crippen LogP contribution in [0.3, 0.4) is 0 Å². The number of rotatable bonds is 2. The summed E-state index contributed by atoms with van der Waals surface area (Å²) < 4.78 is 0. The van der Waals surface area contributed by atoms with Gasteiger partial charge in [-0.2, -0.15) is 0 Å². The Labute approximate surface area is 114 Å². The molecular formula is C15H25NOS. The first-order valence-corrected chi connectivity index (χ1v) is 7.87. The summed E-state index contributed by atoms with van der Waals surface area (Å²) in [7, 11) is 0. The lowest BCUT2D eigenvalue weighted by atomic mass is 9.79. The molecule has 2 nitrogen and oxygen atoms in total. The largest absolute Gasteiger partial charge is 0.393 e. The summed E-state index contributed by atoms with van der Waals surface area (Å²) in [4.78, 5) is 4.74. The molecule has 1 saturated carbocycles. The van der Waals surface area contributed by atoms with Crippen LogP contribution in [0.4, 0.5) is 0 Å². The van der Waals surface area contributed by atoms with E-state index in [-0.39, 0.29) is 11.5 Å². The third kappa shape index (κ3) is 3.33. The van der Waals surface area contributed by atoms with Gasteiger partial charge in [0.2, 0.25) is 0 Å². The molecule has 3 heteroatoms. The second-order valence-electron chi connectivity index (χ2n) is 6.83. The van der Waals surface area contributed by atoms with Gasteiger partial charge in [0.15, 0.2) is 0 Å². The highest BCUT2D eigenvalue weighted by atomic mass is 32.1. The van der Waals surface area contributed by atoms with Crippen LogP contribution in [-0.2, 0) is 11.8 Å². The minimum absolute atomic E-state index is 0.122. The van der Waals surface area contributed by atoms with E-state index < -0.39 is 0 Å². The first-order chi connectivity index (χ1) is 8.36. The Morgan fingerprint density at radius 3 is 2.72 bits per heavy atom. The van der Waals surface area contributed by atoms with Crippen LogP contribution in [0.1, 0.15) is 57.7 Å². The quantitative estimate of drug-likeness (QED) is 0.884. The Morgan fingerprint density at radius 2 is 2.11 bits per heavy atom. The molecule has 1 heterocycles. The van der Waals surface area contributed by atoms with Crippen molar-refractivity contribution in [2.75, 3.05) is 0 Å². The first-order valence-electron chi connectivity index (χ1n) is 6.99. The molecule has 102 valence electrons. The van der Waals surface area contributed by atoms with Gasteiger partial charge >= 0.3 is 0 Å². The molecule has 0 radical (unpaired) electrons. The van der Waals surface area contributed by atoms with E-state index in [1.54, 1.807) is 11.3 Å². The Bertz CT molecular complexity index is 393. The molecule has 1 aromatic heterocycles. The zero-order valence-electron chi connectivity index (χ0n) is 11.9. The van der Waals surface area contributed by atoms with Gasteiger partial charge in [0.05, 0.1) is 16.8 Å². The van der Waals surface area contributed by atoms with E-state index in [9.17, 15) is 5.11 Å². The molecule has 1 fully saturated rings. The molecule has 0 spiro atoms. The third-order valence-electron chi connectivity index (χ3n) is 3.96. The van der Waals surface area contributed by atoms with Crippen molar-refractivity contribution in [1.82, 2.24) is 4.98 Å². The molecular weight excluding hydrogens is 242 g/mol. The Kier molecular flexibility index (Phi) is 4.12. The average Bonchev–Trinajstić information content (AvgIpc) is 2.71. The highest BCUT2D eigenvalue weighted by Crippen LogP contribution is 2.33. The first kappa shape index (κ1) is 14.0. The zero-order valence-corrected chi connectivity index (χ0v) is 12.8. The van der Waals surface area contributed by atoms with Crippen LogP contribution in [0.5, 0.6) is 0 Å². The van der Waals surface area contributed by atoms with Crippen LogP contribution in [0.25, 0.3) is 0 Å². The lowest BCUT2D eigenvalue weighted by Gasteiger charge is -2.31. The van der Waals surface area contributed by atoms with E-state index >= 15 is 0 Å². The predicted octanol–water partition coefficient (Wildman–Crippen LogP) is 3.78. The molecule has 3 unspecified atom stereocenters. The normalized spacial score (nSPS) is 29.5. The van der Waals surface area contributed by atoms with Crippen molar-refractivity contribution < 1.29 is 5.11 Å². The Balaban J connectivity index is 2.02. The summed E-state index contributed by atoms with van der Waals surface area (Å²) in [6.45, 7) is 8.89. The van der Waals surface area contributed by atoms with E-state index in [1.807, 2.05) is 0 Å². The minimum atomic E-state index is -0.122. The van der Waals surface area contributed by atoms with E-state index in [2.05, 4.69) is 33.1 Å². The lowest BCUT2D eigenvalue weighted by molar-refractivity contribution is 0.0519. The second kappa shape index (κ2) is 5.30. The number of hydrogen-bond donors (Lipinski definition) is 1. The minimum Gasteiger partial charge on any atom is -0.393 e. The highest BCUT2D eigenvalue weighted by molar-refractivity contribution is 7.09. The summed E-state index contributed by atoms with van der Waals surface area (Å²) in [6.07, 6.45) is 4.10. The van der Waals surface area contributed by atoms with Gasteiger partial charge in [-0.1, -0.05) is 27.7 Å². The van der Waals surface area contributed by atoms with Crippen molar-refractivity contribution in [1.29, 1.82) is 0 Å². The maximum Gasteiger partial charge on any atom is 0.0932 e. The fourth-order valence-corrected chi connectivity index (χ4v) is 3.79. The van der Waals surface area contributed by atoms with Crippen LogP contribution in [0.2, 0.25) is 0 Å². The molecule has 1 aliphatic carbocycles. The van der Waals surface area contributed by atoms with Gasteiger partial charge in [0.1, 0.15) is 0 Å². The molecule has 0 amide bonds. The van der Waals surface area contributed by atoms with Crippen LogP contribution in [0.15, 0.2) is 5.38 Å². The molecule has 18 heavy (non-hydrogen) atoms. The fraction of sp³-hybridized carbons (Fsp3) is 0.800. The maximum atomic E-state index is 10.1. The van der Waals surface area contributed by atoms with Crippen molar-refractivity contribution in [2.24, 2.45) is 11.8 Å². The van der Waals surface area contributed by atoms with Crippen molar-refractivity contribution >= 4 is 11.3 Å². The van der Waals surface area contributed by atoms with Gasteiger partial charge in [-0.15, -0.1) is 11.3 Å². The van der Waals surface area contributed by atoms with Crippen LogP contribution < -0.4 is 0 Å². The van der Waals surface area contributed by atoms with Crippen molar-refractivity contribution in [3.05, 3.63) is 16.1 Å². The molecule has 0 bridgehead atoms. The molecule has 0 saturated heterocycles. The molecule has 3 atom stereocenters. The van der Waals surface area contributed by atoms with Gasteiger partial charge in [0.25, 0.3) is 0 Å². The monoisotopic (exact) mass is 267 g/mol. The van der Waals surface area contributed by atoms with Gasteiger partial charge in [0, 0.05) is 17.2 Å². The summed E-state index contributed by atoms with van der Waals surface area (Å²) in [5.74, 6) is 1.16.